The van der Waals surface area contributed by atoms with Gasteiger partial charge in [-0.3, -0.25) is 0 Å². The van der Waals surface area contributed by atoms with E-state index in [9.17, 15) is 0 Å². The van der Waals surface area contributed by atoms with Gasteiger partial charge < -0.3 is 19.9 Å². The van der Waals surface area contributed by atoms with Crippen molar-refractivity contribution >= 4 is 0 Å². The Labute approximate surface area is 125 Å². The molecular formula is C17H21NO3. The van der Waals surface area contributed by atoms with Crippen molar-refractivity contribution in [3.8, 4) is 17.2 Å². The Morgan fingerprint density at radius 3 is 2.14 bits per heavy atom. The van der Waals surface area contributed by atoms with Crippen molar-refractivity contribution < 1.29 is 14.2 Å². The van der Waals surface area contributed by atoms with Crippen molar-refractivity contribution in [2.24, 2.45) is 5.73 Å². The molecule has 0 spiro atoms. The van der Waals surface area contributed by atoms with Gasteiger partial charge in [0, 0.05) is 6.04 Å². The molecule has 2 aromatic rings. The van der Waals surface area contributed by atoms with Crippen molar-refractivity contribution in [3.05, 3.63) is 54.1 Å². The van der Waals surface area contributed by atoms with Crippen LogP contribution in [0.5, 0.6) is 17.2 Å². The van der Waals surface area contributed by atoms with Crippen molar-refractivity contribution in [2.75, 3.05) is 20.3 Å². The van der Waals surface area contributed by atoms with Gasteiger partial charge in [-0.1, -0.05) is 24.3 Å². The van der Waals surface area contributed by atoms with Crippen LogP contribution < -0.4 is 19.9 Å². The Kier molecular flexibility index (Phi) is 5.46. The zero-order chi connectivity index (χ0) is 15.1. The van der Waals surface area contributed by atoms with E-state index in [1.807, 2.05) is 55.5 Å². The third-order valence-corrected chi connectivity index (χ3v) is 3.08. The number of hydrogen-bond acceptors (Lipinski definition) is 4. The Bertz CT molecular complexity index is 552. The van der Waals surface area contributed by atoms with Crippen LogP contribution in [0.4, 0.5) is 0 Å². The number of para-hydroxylation sites is 2. The molecule has 0 amide bonds. The summed E-state index contributed by atoms with van der Waals surface area (Å²) >= 11 is 0. The highest BCUT2D eigenvalue weighted by atomic mass is 16.5. The summed E-state index contributed by atoms with van der Waals surface area (Å²) in [6.45, 7) is 2.88. The van der Waals surface area contributed by atoms with Gasteiger partial charge in [-0.15, -0.1) is 0 Å². The summed E-state index contributed by atoms with van der Waals surface area (Å²) in [4.78, 5) is 0. The number of hydrogen-bond donors (Lipinski definition) is 1. The lowest BCUT2D eigenvalue weighted by Gasteiger charge is -2.11. The van der Waals surface area contributed by atoms with Gasteiger partial charge in [0.2, 0.25) is 0 Å². The van der Waals surface area contributed by atoms with Crippen LogP contribution in [-0.4, -0.2) is 20.3 Å². The highest BCUT2D eigenvalue weighted by Gasteiger charge is 2.03. The van der Waals surface area contributed by atoms with Gasteiger partial charge in [0.05, 0.1) is 7.11 Å². The Hall–Kier alpha value is -2.20. The summed E-state index contributed by atoms with van der Waals surface area (Å²) in [5.41, 5.74) is 6.89. The summed E-state index contributed by atoms with van der Waals surface area (Å²) in [5.74, 6) is 2.25. The zero-order valence-corrected chi connectivity index (χ0v) is 12.4. The average Bonchev–Trinajstić information content (AvgIpc) is 2.52. The van der Waals surface area contributed by atoms with Crippen LogP contribution in [0.2, 0.25) is 0 Å². The van der Waals surface area contributed by atoms with Gasteiger partial charge in [0.1, 0.15) is 19.0 Å². The van der Waals surface area contributed by atoms with Crippen LogP contribution in [-0.2, 0) is 0 Å². The second-order valence-corrected chi connectivity index (χ2v) is 4.71. The molecule has 0 bridgehead atoms. The second-order valence-electron chi connectivity index (χ2n) is 4.71. The lowest BCUT2D eigenvalue weighted by molar-refractivity contribution is 0.211. The van der Waals surface area contributed by atoms with Crippen LogP contribution >= 0.6 is 0 Å². The fourth-order valence-corrected chi connectivity index (χ4v) is 1.92. The lowest BCUT2D eigenvalue weighted by atomic mass is 10.1. The Balaban J connectivity index is 1.79. The molecule has 4 heteroatoms. The molecule has 2 aromatic carbocycles. The van der Waals surface area contributed by atoms with E-state index in [1.54, 1.807) is 7.11 Å². The van der Waals surface area contributed by atoms with E-state index in [4.69, 9.17) is 19.9 Å². The minimum absolute atomic E-state index is 0.0351. The van der Waals surface area contributed by atoms with E-state index in [2.05, 4.69) is 0 Å². The number of ether oxygens (including phenoxy) is 3. The first-order valence-corrected chi connectivity index (χ1v) is 6.95. The molecule has 112 valence electrons. The van der Waals surface area contributed by atoms with Gasteiger partial charge >= 0.3 is 0 Å². The van der Waals surface area contributed by atoms with E-state index in [0.717, 1.165) is 22.8 Å². The maximum Gasteiger partial charge on any atom is 0.161 e. The highest BCUT2D eigenvalue weighted by molar-refractivity contribution is 5.39. The van der Waals surface area contributed by atoms with E-state index < -0.39 is 0 Å². The number of benzene rings is 2. The van der Waals surface area contributed by atoms with Crippen molar-refractivity contribution in [1.29, 1.82) is 0 Å². The summed E-state index contributed by atoms with van der Waals surface area (Å²) < 4.78 is 16.5. The van der Waals surface area contributed by atoms with Gasteiger partial charge in [-0.05, 0) is 36.8 Å². The number of nitrogens with two attached hydrogens (primary N) is 1. The molecule has 0 fully saturated rings. The third-order valence-electron chi connectivity index (χ3n) is 3.08. The molecule has 0 radical (unpaired) electrons. The standard InChI is InChI=1S/C17H21NO3/c1-13(18)14-7-9-15(10-8-14)20-11-12-21-17-6-4-3-5-16(17)19-2/h3-10,13H,11-12,18H2,1-2H3/t13-/m1/s1. The molecule has 4 nitrogen and oxygen atoms in total. The quantitative estimate of drug-likeness (QED) is 0.795. The van der Waals surface area contributed by atoms with Gasteiger partial charge in [0.15, 0.2) is 11.5 Å². The van der Waals surface area contributed by atoms with E-state index in [0.29, 0.717) is 13.2 Å². The van der Waals surface area contributed by atoms with Crippen molar-refractivity contribution in [3.63, 3.8) is 0 Å². The van der Waals surface area contributed by atoms with Crippen LogP contribution in [0.3, 0.4) is 0 Å². The molecule has 0 aliphatic heterocycles. The van der Waals surface area contributed by atoms with Gasteiger partial charge in [-0.2, -0.15) is 0 Å². The molecule has 0 aliphatic carbocycles. The summed E-state index contributed by atoms with van der Waals surface area (Å²) in [5, 5.41) is 0. The van der Waals surface area contributed by atoms with E-state index >= 15 is 0 Å². The highest BCUT2D eigenvalue weighted by Crippen LogP contribution is 2.25. The largest absolute Gasteiger partial charge is 0.493 e. The third kappa shape index (κ3) is 4.39. The van der Waals surface area contributed by atoms with Crippen LogP contribution in [0.25, 0.3) is 0 Å². The normalized spacial score (nSPS) is 11.8. The first-order valence-electron chi connectivity index (χ1n) is 6.95. The van der Waals surface area contributed by atoms with Crippen molar-refractivity contribution in [1.82, 2.24) is 0 Å². The van der Waals surface area contributed by atoms with Crippen LogP contribution in [0.15, 0.2) is 48.5 Å². The topological polar surface area (TPSA) is 53.7 Å². The monoisotopic (exact) mass is 287 g/mol. The van der Waals surface area contributed by atoms with Crippen molar-refractivity contribution in [2.45, 2.75) is 13.0 Å². The molecule has 2 rings (SSSR count). The minimum Gasteiger partial charge on any atom is -0.493 e. The number of rotatable bonds is 7. The van der Waals surface area contributed by atoms with E-state index in [-0.39, 0.29) is 6.04 Å². The summed E-state index contributed by atoms with van der Waals surface area (Å²) in [6, 6.07) is 15.4. The Morgan fingerprint density at radius 2 is 1.52 bits per heavy atom. The predicted molar refractivity (Wildman–Crippen MR) is 83.0 cm³/mol. The molecule has 21 heavy (non-hydrogen) atoms. The number of methoxy groups -OCH3 is 1. The smallest absolute Gasteiger partial charge is 0.161 e. The second kappa shape index (κ2) is 7.55. The molecular weight excluding hydrogens is 266 g/mol. The molecule has 0 aromatic heterocycles. The minimum atomic E-state index is 0.0351. The molecule has 0 unspecified atom stereocenters. The maximum absolute atomic E-state index is 5.80. The van der Waals surface area contributed by atoms with Gasteiger partial charge in [-0.25, -0.2) is 0 Å². The first kappa shape index (κ1) is 15.2. The predicted octanol–water partition coefficient (Wildman–Crippen LogP) is 3.17. The van der Waals surface area contributed by atoms with E-state index in [1.165, 1.54) is 0 Å². The molecule has 0 saturated carbocycles. The Morgan fingerprint density at radius 1 is 0.905 bits per heavy atom. The lowest BCUT2D eigenvalue weighted by Crippen LogP contribution is -2.10. The molecule has 1 atom stereocenters. The molecule has 0 aliphatic rings. The SMILES string of the molecule is COc1ccccc1OCCOc1ccc([C@@H](C)N)cc1. The molecule has 2 N–H and O–H groups in total. The van der Waals surface area contributed by atoms with Crippen LogP contribution in [0, 0.1) is 0 Å². The summed E-state index contributed by atoms with van der Waals surface area (Å²) in [7, 11) is 1.62. The van der Waals surface area contributed by atoms with Gasteiger partial charge in [0.25, 0.3) is 0 Å². The summed E-state index contributed by atoms with van der Waals surface area (Å²) in [6.07, 6.45) is 0. The average molecular weight is 287 g/mol. The zero-order valence-electron chi connectivity index (χ0n) is 12.4. The van der Waals surface area contributed by atoms with Crippen LogP contribution in [0.1, 0.15) is 18.5 Å². The fourth-order valence-electron chi connectivity index (χ4n) is 1.92. The molecule has 0 saturated heterocycles. The molecule has 0 heterocycles. The fraction of sp³-hybridized carbons (Fsp3) is 0.294. The first-order chi connectivity index (χ1) is 10.2. The maximum atomic E-state index is 5.80.